The summed E-state index contributed by atoms with van der Waals surface area (Å²) in [6.45, 7) is 0.0802. The van der Waals surface area contributed by atoms with Gasteiger partial charge in [-0.3, -0.25) is 4.18 Å². The van der Waals surface area contributed by atoms with Crippen molar-refractivity contribution in [3.05, 3.63) is 29.8 Å². The van der Waals surface area contributed by atoms with E-state index in [0.29, 0.717) is 12.8 Å². The van der Waals surface area contributed by atoms with Gasteiger partial charge in [0.1, 0.15) is 5.75 Å². The third-order valence-electron chi connectivity index (χ3n) is 2.03. The van der Waals surface area contributed by atoms with Crippen LogP contribution >= 0.6 is 0 Å². The number of hydrogen-bond donors (Lipinski definition) is 1. The molecule has 0 aliphatic rings. The van der Waals surface area contributed by atoms with Crippen LogP contribution in [0.5, 0.6) is 5.75 Å². The molecule has 0 radical (unpaired) electrons. The molecule has 90 valence electrons. The lowest BCUT2D eigenvalue weighted by atomic mass is 10.1. The summed E-state index contributed by atoms with van der Waals surface area (Å²) in [6, 6.07) is 7.56. The average Bonchev–Trinajstić information content (AvgIpc) is 2.23. The van der Waals surface area contributed by atoms with Crippen LogP contribution in [0.4, 0.5) is 0 Å². The van der Waals surface area contributed by atoms with E-state index in [9.17, 15) is 8.42 Å². The van der Waals surface area contributed by atoms with E-state index in [1.165, 1.54) is 0 Å². The minimum atomic E-state index is -3.83. The number of methoxy groups -OCH3 is 1. The highest BCUT2D eigenvalue weighted by Crippen LogP contribution is 2.18. The van der Waals surface area contributed by atoms with Crippen molar-refractivity contribution < 1.29 is 17.3 Å². The Hall–Kier alpha value is -1.11. The van der Waals surface area contributed by atoms with Gasteiger partial charge in [-0.25, -0.2) is 5.14 Å². The Kier molecular flexibility index (Phi) is 4.72. The SMILES string of the molecule is COc1ccccc1CCCOS(N)(=O)=O. The summed E-state index contributed by atoms with van der Waals surface area (Å²) < 4.78 is 30.6. The summed E-state index contributed by atoms with van der Waals surface area (Å²) >= 11 is 0. The summed E-state index contributed by atoms with van der Waals surface area (Å²) in [7, 11) is -2.23. The van der Waals surface area contributed by atoms with Gasteiger partial charge in [-0.1, -0.05) is 18.2 Å². The van der Waals surface area contributed by atoms with Crippen molar-refractivity contribution in [2.45, 2.75) is 12.8 Å². The Balaban J connectivity index is 2.43. The van der Waals surface area contributed by atoms with Gasteiger partial charge in [0.2, 0.25) is 0 Å². The molecule has 0 saturated heterocycles. The number of ether oxygens (including phenoxy) is 1. The molecule has 0 unspecified atom stereocenters. The first kappa shape index (κ1) is 13.0. The fourth-order valence-electron chi connectivity index (χ4n) is 1.35. The van der Waals surface area contributed by atoms with Crippen LogP contribution in [0.15, 0.2) is 24.3 Å². The van der Waals surface area contributed by atoms with Crippen LogP contribution in [0.2, 0.25) is 0 Å². The van der Waals surface area contributed by atoms with Crippen LogP contribution in [0.3, 0.4) is 0 Å². The van der Waals surface area contributed by atoms with Gasteiger partial charge < -0.3 is 4.74 Å². The van der Waals surface area contributed by atoms with Crippen LogP contribution in [0, 0.1) is 0 Å². The maximum atomic E-state index is 10.5. The average molecular weight is 245 g/mol. The molecule has 6 heteroatoms. The van der Waals surface area contributed by atoms with Crippen LogP contribution < -0.4 is 9.88 Å². The molecule has 5 nitrogen and oxygen atoms in total. The molecule has 0 atom stereocenters. The molecule has 2 N–H and O–H groups in total. The zero-order valence-electron chi connectivity index (χ0n) is 9.05. The minimum Gasteiger partial charge on any atom is -0.496 e. The van der Waals surface area contributed by atoms with Crippen LogP contribution in [0.25, 0.3) is 0 Å². The monoisotopic (exact) mass is 245 g/mol. The van der Waals surface area contributed by atoms with E-state index in [0.717, 1.165) is 11.3 Å². The molecule has 0 spiro atoms. The summed E-state index contributed by atoms with van der Waals surface area (Å²) in [5.41, 5.74) is 1.02. The molecule has 1 rings (SSSR count). The van der Waals surface area contributed by atoms with E-state index in [4.69, 9.17) is 9.88 Å². The van der Waals surface area contributed by atoms with E-state index in [2.05, 4.69) is 4.18 Å². The lowest BCUT2D eigenvalue weighted by Gasteiger charge is -2.07. The zero-order chi connectivity index (χ0) is 12.0. The van der Waals surface area contributed by atoms with Crippen LogP contribution in [-0.2, 0) is 20.9 Å². The third kappa shape index (κ3) is 4.61. The number of hydrogen-bond acceptors (Lipinski definition) is 4. The predicted octanol–water partition coefficient (Wildman–Crippen LogP) is 0.848. The number of aryl methyl sites for hydroxylation is 1. The van der Waals surface area contributed by atoms with Gasteiger partial charge in [-0.15, -0.1) is 0 Å². The molecule has 0 saturated carbocycles. The molecular formula is C10H15NO4S. The first-order chi connectivity index (χ1) is 7.53. The second-order valence-electron chi connectivity index (χ2n) is 3.23. The van der Waals surface area contributed by atoms with E-state index in [-0.39, 0.29) is 6.61 Å². The lowest BCUT2D eigenvalue weighted by molar-refractivity contribution is 0.312. The van der Waals surface area contributed by atoms with E-state index < -0.39 is 10.3 Å². The number of benzene rings is 1. The summed E-state index contributed by atoms with van der Waals surface area (Å²) in [4.78, 5) is 0. The summed E-state index contributed by atoms with van der Waals surface area (Å²) in [5, 5.41) is 4.70. The molecule has 1 aromatic carbocycles. The minimum absolute atomic E-state index is 0.0802. The molecule has 0 heterocycles. The van der Waals surface area contributed by atoms with E-state index in [1.54, 1.807) is 7.11 Å². The van der Waals surface area contributed by atoms with E-state index in [1.807, 2.05) is 24.3 Å². The normalized spacial score (nSPS) is 11.4. The van der Waals surface area contributed by atoms with Crippen molar-refractivity contribution in [1.82, 2.24) is 0 Å². The quantitative estimate of drug-likeness (QED) is 0.753. The van der Waals surface area contributed by atoms with Crippen molar-refractivity contribution in [3.8, 4) is 5.75 Å². The molecule has 0 bridgehead atoms. The molecule has 0 aliphatic carbocycles. The molecular weight excluding hydrogens is 230 g/mol. The van der Waals surface area contributed by atoms with Gasteiger partial charge in [-0.2, -0.15) is 8.42 Å². The maximum Gasteiger partial charge on any atom is 0.333 e. The van der Waals surface area contributed by atoms with Crippen molar-refractivity contribution >= 4 is 10.3 Å². The standard InChI is InChI=1S/C10H15NO4S/c1-14-10-7-3-2-5-9(10)6-4-8-15-16(11,12)13/h2-3,5,7H,4,6,8H2,1H3,(H2,11,12,13). The third-order valence-corrected chi connectivity index (χ3v) is 2.53. The van der Waals surface area contributed by atoms with Crippen molar-refractivity contribution in [2.75, 3.05) is 13.7 Å². The van der Waals surface area contributed by atoms with Gasteiger partial charge in [-0.05, 0) is 24.5 Å². The first-order valence-electron chi connectivity index (χ1n) is 4.82. The fourth-order valence-corrected chi connectivity index (χ4v) is 1.70. The highest BCUT2D eigenvalue weighted by atomic mass is 32.2. The molecule has 1 aromatic rings. The Bertz CT molecular complexity index is 430. The molecule has 0 amide bonds. The first-order valence-corrected chi connectivity index (χ1v) is 6.29. The number of rotatable bonds is 6. The highest BCUT2D eigenvalue weighted by molar-refractivity contribution is 7.84. The van der Waals surface area contributed by atoms with Gasteiger partial charge >= 0.3 is 10.3 Å². The van der Waals surface area contributed by atoms with Gasteiger partial charge in [0.15, 0.2) is 0 Å². The highest BCUT2D eigenvalue weighted by Gasteiger charge is 2.04. The molecule has 0 fully saturated rings. The summed E-state index contributed by atoms with van der Waals surface area (Å²) in [6.07, 6.45) is 1.25. The zero-order valence-corrected chi connectivity index (χ0v) is 9.87. The van der Waals surface area contributed by atoms with Crippen molar-refractivity contribution in [1.29, 1.82) is 0 Å². The van der Waals surface area contributed by atoms with Crippen molar-refractivity contribution in [2.24, 2.45) is 5.14 Å². The van der Waals surface area contributed by atoms with Gasteiger partial charge in [0.25, 0.3) is 0 Å². The van der Waals surface area contributed by atoms with Gasteiger partial charge in [0.05, 0.1) is 13.7 Å². The second-order valence-corrected chi connectivity index (χ2v) is 4.45. The lowest BCUT2D eigenvalue weighted by Crippen LogP contribution is -2.16. The van der Waals surface area contributed by atoms with Crippen LogP contribution in [-0.4, -0.2) is 22.1 Å². The fraction of sp³-hybridized carbons (Fsp3) is 0.400. The van der Waals surface area contributed by atoms with Crippen molar-refractivity contribution in [3.63, 3.8) is 0 Å². The Labute approximate surface area is 95.4 Å². The van der Waals surface area contributed by atoms with E-state index >= 15 is 0 Å². The Morgan fingerprint density at radius 1 is 1.31 bits per heavy atom. The Morgan fingerprint density at radius 2 is 2.00 bits per heavy atom. The smallest absolute Gasteiger partial charge is 0.333 e. The topological polar surface area (TPSA) is 78.6 Å². The largest absolute Gasteiger partial charge is 0.496 e. The molecule has 0 aromatic heterocycles. The number of para-hydroxylation sites is 1. The molecule has 16 heavy (non-hydrogen) atoms. The molecule has 0 aliphatic heterocycles. The van der Waals surface area contributed by atoms with Gasteiger partial charge in [0, 0.05) is 0 Å². The Morgan fingerprint density at radius 3 is 2.62 bits per heavy atom. The maximum absolute atomic E-state index is 10.5. The number of nitrogens with two attached hydrogens (primary N) is 1. The van der Waals surface area contributed by atoms with Crippen LogP contribution in [0.1, 0.15) is 12.0 Å². The second kappa shape index (κ2) is 5.83. The summed E-state index contributed by atoms with van der Waals surface area (Å²) in [5.74, 6) is 0.790. The predicted molar refractivity (Wildman–Crippen MR) is 60.4 cm³/mol.